The third-order valence-corrected chi connectivity index (χ3v) is 3.45. The molecule has 3 rings (SSSR count). The summed E-state index contributed by atoms with van der Waals surface area (Å²) in [6.45, 7) is 0. The number of alkyl halides is 1. The van der Waals surface area contributed by atoms with Crippen molar-refractivity contribution in [2.45, 2.75) is 6.17 Å². The predicted octanol–water partition coefficient (Wildman–Crippen LogP) is 3.73. The second kappa shape index (κ2) is 5.63. The zero-order valence-corrected chi connectivity index (χ0v) is 11.6. The van der Waals surface area contributed by atoms with Gasteiger partial charge in [0.1, 0.15) is 5.71 Å². The normalized spacial score (nSPS) is 18.9. The number of rotatable bonds is 1. The summed E-state index contributed by atoms with van der Waals surface area (Å²) in [4.78, 5) is 27.7. The fraction of sp³-hybridized carbons (Fsp3) is 0.0625. The minimum Gasteiger partial charge on any atom is -0.290 e. The molecule has 1 unspecified atom stereocenters. The van der Waals surface area contributed by atoms with Crippen LogP contribution in [-0.4, -0.2) is 23.4 Å². The Morgan fingerprint density at radius 3 is 1.92 bits per heavy atom. The van der Waals surface area contributed by atoms with E-state index in [4.69, 9.17) is 0 Å². The first kappa shape index (κ1) is 16.0. The number of nitrogens with zero attached hydrogens (tertiary/aromatic N) is 1. The molecule has 0 heterocycles. The first-order valence-corrected chi connectivity index (χ1v) is 6.57. The van der Waals surface area contributed by atoms with Crippen molar-refractivity contribution >= 4 is 23.0 Å². The lowest BCUT2D eigenvalue weighted by Crippen LogP contribution is -2.40. The van der Waals surface area contributed by atoms with Crippen molar-refractivity contribution in [3.05, 3.63) is 64.7 Å². The molecule has 8 heteroatoms. The molecule has 0 radical (unpaired) electrons. The molecular weight excluding hydrogens is 333 g/mol. The first-order chi connectivity index (χ1) is 11.3. The zero-order valence-electron chi connectivity index (χ0n) is 11.6. The number of halogens is 5. The van der Waals surface area contributed by atoms with E-state index in [9.17, 15) is 31.5 Å². The first-order valence-electron chi connectivity index (χ1n) is 6.57. The van der Waals surface area contributed by atoms with Crippen LogP contribution >= 0.6 is 0 Å². The standard InChI is InChI=1S/C16H6F5NO2/c17-9-7-8(10(18)12(20)11(9)19)16(24)14(13(21)15(7)23)22-6-4-2-1-3-5-6/h1-5,13H. The van der Waals surface area contributed by atoms with Crippen LogP contribution < -0.4 is 0 Å². The van der Waals surface area contributed by atoms with E-state index in [0.29, 0.717) is 0 Å². The molecule has 0 saturated carbocycles. The van der Waals surface area contributed by atoms with Gasteiger partial charge in [-0.05, 0) is 12.1 Å². The van der Waals surface area contributed by atoms with Gasteiger partial charge in [-0.3, -0.25) is 9.59 Å². The van der Waals surface area contributed by atoms with Crippen molar-refractivity contribution < 1.29 is 31.5 Å². The maximum atomic E-state index is 14.2. The summed E-state index contributed by atoms with van der Waals surface area (Å²) in [5, 5.41) is 0. The quantitative estimate of drug-likeness (QED) is 0.451. The van der Waals surface area contributed by atoms with Gasteiger partial charge in [-0.25, -0.2) is 26.9 Å². The topological polar surface area (TPSA) is 46.5 Å². The zero-order chi connectivity index (χ0) is 17.6. The molecule has 0 saturated heterocycles. The Bertz CT molecular complexity index is 909. The van der Waals surface area contributed by atoms with E-state index in [0.717, 1.165) is 0 Å². The van der Waals surface area contributed by atoms with Crippen molar-refractivity contribution in [2.24, 2.45) is 4.99 Å². The molecule has 122 valence electrons. The van der Waals surface area contributed by atoms with Crippen molar-refractivity contribution in [1.82, 2.24) is 0 Å². The van der Waals surface area contributed by atoms with Crippen molar-refractivity contribution in [1.29, 1.82) is 0 Å². The van der Waals surface area contributed by atoms with Gasteiger partial charge in [0, 0.05) is 0 Å². The van der Waals surface area contributed by atoms with Crippen LogP contribution in [0.1, 0.15) is 20.7 Å². The lowest BCUT2D eigenvalue weighted by molar-refractivity contribution is 0.0883. The number of benzene rings is 2. The molecule has 0 fully saturated rings. The number of aliphatic imine (C=N–C) groups is 1. The van der Waals surface area contributed by atoms with Gasteiger partial charge in [0.15, 0.2) is 23.3 Å². The van der Waals surface area contributed by atoms with E-state index in [1.165, 1.54) is 24.3 Å². The number of ketones is 2. The lowest BCUT2D eigenvalue weighted by atomic mass is 9.85. The molecule has 1 aliphatic carbocycles. The van der Waals surface area contributed by atoms with E-state index < -0.39 is 57.8 Å². The summed E-state index contributed by atoms with van der Waals surface area (Å²) < 4.78 is 68.4. The molecule has 3 nitrogen and oxygen atoms in total. The highest BCUT2D eigenvalue weighted by Gasteiger charge is 2.45. The second-order valence-electron chi connectivity index (χ2n) is 4.89. The third kappa shape index (κ3) is 2.22. The van der Waals surface area contributed by atoms with E-state index in [1.54, 1.807) is 6.07 Å². The SMILES string of the molecule is O=C1C(=Nc2ccccc2)C(F)C(=O)c2c(F)c(F)c(F)c(F)c21. The Morgan fingerprint density at radius 2 is 1.33 bits per heavy atom. The maximum absolute atomic E-state index is 14.2. The van der Waals surface area contributed by atoms with E-state index in [1.807, 2.05) is 0 Å². The number of Topliss-reactive ketones (excluding diaryl/α,β-unsaturated/α-hetero) is 2. The van der Waals surface area contributed by atoms with Gasteiger partial charge in [0.25, 0.3) is 0 Å². The van der Waals surface area contributed by atoms with Gasteiger partial charge < -0.3 is 0 Å². The van der Waals surface area contributed by atoms with Crippen LogP contribution in [-0.2, 0) is 0 Å². The number of carbonyl (C=O) groups excluding carboxylic acids is 2. The van der Waals surface area contributed by atoms with Crippen LogP contribution in [0.4, 0.5) is 27.6 Å². The van der Waals surface area contributed by atoms with Gasteiger partial charge in [0.2, 0.25) is 17.7 Å². The fourth-order valence-electron chi connectivity index (χ4n) is 2.32. The minimum absolute atomic E-state index is 0.0724. The Morgan fingerprint density at radius 1 is 0.792 bits per heavy atom. The predicted molar refractivity (Wildman–Crippen MR) is 73.4 cm³/mol. The van der Waals surface area contributed by atoms with Gasteiger partial charge in [-0.2, -0.15) is 0 Å². The molecule has 2 aromatic rings. The number of hydrogen-bond acceptors (Lipinski definition) is 3. The molecule has 0 aliphatic heterocycles. The second-order valence-corrected chi connectivity index (χ2v) is 4.89. The summed E-state index contributed by atoms with van der Waals surface area (Å²) in [5.41, 5.74) is -3.76. The number of para-hydroxylation sites is 1. The monoisotopic (exact) mass is 339 g/mol. The Labute approximate surface area is 131 Å². The highest BCUT2D eigenvalue weighted by molar-refractivity contribution is 6.55. The van der Waals surface area contributed by atoms with Crippen LogP contribution in [0.2, 0.25) is 0 Å². The molecule has 0 bridgehead atoms. The molecule has 1 aliphatic rings. The average molecular weight is 339 g/mol. The smallest absolute Gasteiger partial charge is 0.214 e. The maximum Gasteiger partial charge on any atom is 0.214 e. The summed E-state index contributed by atoms with van der Waals surface area (Å²) in [6, 6.07) is 7.35. The van der Waals surface area contributed by atoms with Crippen molar-refractivity contribution in [3.8, 4) is 0 Å². The minimum atomic E-state index is -2.72. The molecule has 1 atom stereocenters. The Kier molecular flexibility index (Phi) is 3.75. The largest absolute Gasteiger partial charge is 0.290 e. The van der Waals surface area contributed by atoms with Crippen molar-refractivity contribution in [2.75, 3.05) is 0 Å². The molecule has 0 spiro atoms. The lowest BCUT2D eigenvalue weighted by Gasteiger charge is -2.20. The summed E-state index contributed by atoms with van der Waals surface area (Å²) in [6.07, 6.45) is -2.72. The number of fused-ring (bicyclic) bond motifs is 1. The molecule has 24 heavy (non-hydrogen) atoms. The summed E-state index contributed by atoms with van der Waals surface area (Å²) in [5.74, 6) is -11.9. The van der Waals surface area contributed by atoms with Crippen LogP contribution in [0.5, 0.6) is 0 Å². The van der Waals surface area contributed by atoms with Gasteiger partial charge in [-0.1, -0.05) is 18.2 Å². The van der Waals surface area contributed by atoms with Crippen LogP contribution in [0.15, 0.2) is 35.3 Å². The Balaban J connectivity index is 2.27. The highest BCUT2D eigenvalue weighted by Crippen LogP contribution is 2.31. The van der Waals surface area contributed by atoms with Gasteiger partial charge in [-0.15, -0.1) is 0 Å². The summed E-state index contributed by atoms with van der Waals surface area (Å²) >= 11 is 0. The number of carbonyl (C=O) groups is 2. The highest BCUT2D eigenvalue weighted by atomic mass is 19.2. The van der Waals surface area contributed by atoms with Crippen LogP contribution in [0.3, 0.4) is 0 Å². The van der Waals surface area contributed by atoms with Gasteiger partial charge in [0.05, 0.1) is 16.8 Å². The van der Waals surface area contributed by atoms with Gasteiger partial charge >= 0.3 is 0 Å². The van der Waals surface area contributed by atoms with Crippen molar-refractivity contribution in [3.63, 3.8) is 0 Å². The van der Waals surface area contributed by atoms with E-state index in [-0.39, 0.29) is 5.69 Å². The molecule has 0 N–H and O–H groups in total. The number of hydrogen-bond donors (Lipinski definition) is 0. The molecule has 0 amide bonds. The average Bonchev–Trinajstić information content (AvgIpc) is 2.59. The van der Waals surface area contributed by atoms with E-state index in [2.05, 4.69) is 4.99 Å². The van der Waals surface area contributed by atoms with Crippen LogP contribution in [0.25, 0.3) is 0 Å². The third-order valence-electron chi connectivity index (χ3n) is 3.45. The molecule has 2 aromatic carbocycles. The Hall–Kier alpha value is -2.90. The van der Waals surface area contributed by atoms with Crippen LogP contribution in [0, 0.1) is 23.3 Å². The summed E-state index contributed by atoms with van der Waals surface area (Å²) in [7, 11) is 0. The van der Waals surface area contributed by atoms with E-state index >= 15 is 0 Å². The molecule has 0 aromatic heterocycles. The fourth-order valence-corrected chi connectivity index (χ4v) is 2.32. The molecular formula is C16H6F5NO2.